The minimum Gasteiger partial charge on any atom is -0.391 e. The quantitative estimate of drug-likeness (QED) is 0.777. The van der Waals surface area contributed by atoms with Crippen LogP contribution in [0.4, 0.5) is 0 Å². The highest BCUT2D eigenvalue weighted by Crippen LogP contribution is 2.51. The minimum atomic E-state index is -0.217. The van der Waals surface area contributed by atoms with Gasteiger partial charge in [0.2, 0.25) is 0 Å². The van der Waals surface area contributed by atoms with Gasteiger partial charge in [-0.1, -0.05) is 6.42 Å². The van der Waals surface area contributed by atoms with Gasteiger partial charge in [-0.3, -0.25) is 4.90 Å². The number of fused-ring (bicyclic) bond motifs is 3. The highest BCUT2D eigenvalue weighted by atomic mass is 16.5. The van der Waals surface area contributed by atoms with Crippen LogP contribution in [-0.2, 0) is 4.74 Å². The lowest BCUT2D eigenvalue weighted by atomic mass is 9.63. The van der Waals surface area contributed by atoms with Crippen molar-refractivity contribution in [1.29, 1.82) is 0 Å². The standard InChI is InChI=1S/C15H27NO2/c1-14(2)11-7-8-15(3,18-14)13(12(11)17)16-9-5-4-6-10-16/h11-13,17H,4-10H2,1-3H3/t11-,12+,13-,15+/m0/s1. The summed E-state index contributed by atoms with van der Waals surface area (Å²) in [4.78, 5) is 2.50. The van der Waals surface area contributed by atoms with Crippen LogP contribution in [0, 0.1) is 5.92 Å². The molecule has 0 radical (unpaired) electrons. The molecule has 4 atom stereocenters. The van der Waals surface area contributed by atoms with Crippen LogP contribution >= 0.6 is 0 Å². The molecule has 1 saturated carbocycles. The molecule has 0 aromatic rings. The molecule has 4 aliphatic rings. The molecule has 3 heteroatoms. The Hall–Kier alpha value is -0.120. The van der Waals surface area contributed by atoms with Crippen LogP contribution in [0.15, 0.2) is 0 Å². The van der Waals surface area contributed by atoms with E-state index >= 15 is 0 Å². The summed E-state index contributed by atoms with van der Waals surface area (Å²) in [6, 6.07) is 0.213. The number of nitrogens with zero attached hydrogens (tertiary/aromatic N) is 1. The molecule has 18 heavy (non-hydrogen) atoms. The second-order valence-electron chi connectivity index (χ2n) is 7.20. The maximum absolute atomic E-state index is 10.8. The molecule has 3 aliphatic heterocycles. The van der Waals surface area contributed by atoms with Gasteiger partial charge >= 0.3 is 0 Å². The van der Waals surface area contributed by atoms with E-state index in [0.29, 0.717) is 5.92 Å². The van der Waals surface area contributed by atoms with Gasteiger partial charge in [-0.05, 0) is 59.5 Å². The molecule has 1 aliphatic carbocycles. The number of ether oxygens (including phenoxy) is 1. The average Bonchev–Trinajstić information content (AvgIpc) is 2.27. The van der Waals surface area contributed by atoms with Crippen LogP contribution in [0.5, 0.6) is 0 Å². The van der Waals surface area contributed by atoms with E-state index in [-0.39, 0.29) is 23.3 Å². The van der Waals surface area contributed by atoms with Crippen LogP contribution in [-0.4, -0.2) is 46.4 Å². The van der Waals surface area contributed by atoms with Gasteiger partial charge < -0.3 is 9.84 Å². The van der Waals surface area contributed by atoms with Gasteiger partial charge in [-0.15, -0.1) is 0 Å². The first-order valence-corrected chi connectivity index (χ1v) is 7.56. The van der Waals surface area contributed by atoms with E-state index in [9.17, 15) is 5.11 Å². The minimum absolute atomic E-state index is 0.158. The van der Waals surface area contributed by atoms with Crippen LogP contribution in [0.25, 0.3) is 0 Å². The highest BCUT2D eigenvalue weighted by Gasteiger charge is 2.60. The molecule has 4 rings (SSSR count). The summed E-state index contributed by atoms with van der Waals surface area (Å²) in [5, 5.41) is 10.8. The summed E-state index contributed by atoms with van der Waals surface area (Å²) in [6.45, 7) is 8.77. The molecule has 4 fully saturated rings. The summed E-state index contributed by atoms with van der Waals surface area (Å²) in [6.07, 6.45) is 5.87. The third-order valence-corrected chi connectivity index (χ3v) is 5.49. The maximum atomic E-state index is 10.8. The van der Waals surface area contributed by atoms with Crippen LogP contribution in [0.1, 0.15) is 52.9 Å². The SMILES string of the molecule is CC1(C)O[C@]2(C)CC[C@H]1[C@@H](O)[C@@H]2N1CCCCC1. The van der Waals surface area contributed by atoms with Gasteiger partial charge in [0.05, 0.1) is 23.3 Å². The molecule has 0 aromatic heterocycles. The molecule has 3 nitrogen and oxygen atoms in total. The Labute approximate surface area is 110 Å². The molecule has 2 bridgehead atoms. The lowest BCUT2D eigenvalue weighted by Gasteiger charge is -2.62. The van der Waals surface area contributed by atoms with Gasteiger partial charge in [0.1, 0.15) is 0 Å². The Morgan fingerprint density at radius 1 is 1.11 bits per heavy atom. The summed E-state index contributed by atoms with van der Waals surface area (Å²) in [7, 11) is 0. The largest absolute Gasteiger partial charge is 0.391 e. The van der Waals surface area contributed by atoms with Crippen molar-refractivity contribution in [3.63, 3.8) is 0 Å². The van der Waals surface area contributed by atoms with Gasteiger partial charge in [-0.2, -0.15) is 0 Å². The molecular weight excluding hydrogens is 226 g/mol. The van der Waals surface area contributed by atoms with E-state index in [1.807, 2.05) is 0 Å². The topological polar surface area (TPSA) is 32.7 Å². The fourth-order valence-corrected chi connectivity index (χ4v) is 4.69. The van der Waals surface area contributed by atoms with Gasteiger partial charge in [0.25, 0.3) is 0 Å². The highest BCUT2D eigenvalue weighted by molar-refractivity contribution is 5.11. The predicted molar refractivity (Wildman–Crippen MR) is 71.5 cm³/mol. The molecule has 0 aromatic carbocycles. The third-order valence-electron chi connectivity index (χ3n) is 5.49. The van der Waals surface area contributed by atoms with E-state index in [0.717, 1.165) is 25.9 Å². The Morgan fingerprint density at radius 3 is 2.33 bits per heavy atom. The number of hydrogen-bond donors (Lipinski definition) is 1. The normalized spacial score (nSPS) is 48.3. The lowest BCUT2D eigenvalue weighted by molar-refractivity contribution is -0.296. The number of piperidine rings is 1. The van der Waals surface area contributed by atoms with Crippen molar-refractivity contribution < 1.29 is 9.84 Å². The van der Waals surface area contributed by atoms with Crippen molar-refractivity contribution in [1.82, 2.24) is 4.90 Å². The van der Waals surface area contributed by atoms with Gasteiger partial charge in [0, 0.05) is 5.92 Å². The molecule has 1 N–H and O–H groups in total. The van der Waals surface area contributed by atoms with Crippen LogP contribution < -0.4 is 0 Å². The summed E-state index contributed by atoms with van der Waals surface area (Å²) in [5.41, 5.74) is -0.326. The Morgan fingerprint density at radius 2 is 1.78 bits per heavy atom. The summed E-state index contributed by atoms with van der Waals surface area (Å²) < 4.78 is 6.39. The first-order chi connectivity index (χ1) is 8.44. The molecule has 0 spiro atoms. The van der Waals surface area contributed by atoms with Crippen molar-refractivity contribution in [2.45, 2.75) is 76.2 Å². The number of rotatable bonds is 1. The molecule has 104 valence electrons. The molecule has 0 unspecified atom stereocenters. The van der Waals surface area contributed by atoms with E-state index in [4.69, 9.17) is 4.74 Å². The van der Waals surface area contributed by atoms with Crippen LogP contribution in [0.2, 0.25) is 0 Å². The second kappa shape index (κ2) is 4.19. The third kappa shape index (κ3) is 1.83. The first kappa shape index (κ1) is 12.9. The zero-order chi connectivity index (χ0) is 13.0. The van der Waals surface area contributed by atoms with Gasteiger partial charge in [-0.25, -0.2) is 0 Å². The van der Waals surface area contributed by atoms with E-state index in [1.54, 1.807) is 0 Å². The number of hydrogen-bond acceptors (Lipinski definition) is 3. The summed E-state index contributed by atoms with van der Waals surface area (Å²) >= 11 is 0. The fourth-order valence-electron chi connectivity index (χ4n) is 4.69. The van der Waals surface area contributed by atoms with Crippen LogP contribution in [0.3, 0.4) is 0 Å². The van der Waals surface area contributed by atoms with E-state index < -0.39 is 0 Å². The molecule has 0 amide bonds. The second-order valence-corrected chi connectivity index (χ2v) is 7.20. The lowest BCUT2D eigenvalue weighted by Crippen LogP contribution is -2.72. The Kier molecular flexibility index (Phi) is 3.00. The van der Waals surface area contributed by atoms with Crippen molar-refractivity contribution in [2.75, 3.05) is 13.1 Å². The van der Waals surface area contributed by atoms with Crippen molar-refractivity contribution in [3.8, 4) is 0 Å². The molecule has 3 saturated heterocycles. The molecular formula is C15H27NO2. The monoisotopic (exact) mass is 253 g/mol. The number of aliphatic hydroxyl groups is 1. The maximum Gasteiger partial charge on any atom is 0.0841 e. The Bertz CT molecular complexity index is 324. The van der Waals surface area contributed by atoms with Crippen molar-refractivity contribution >= 4 is 0 Å². The molecule has 3 heterocycles. The van der Waals surface area contributed by atoms with Crippen molar-refractivity contribution in [2.24, 2.45) is 5.92 Å². The zero-order valence-corrected chi connectivity index (χ0v) is 12.0. The number of likely N-dealkylation sites (tertiary alicyclic amines) is 1. The van der Waals surface area contributed by atoms with Crippen molar-refractivity contribution in [3.05, 3.63) is 0 Å². The van der Waals surface area contributed by atoms with E-state index in [2.05, 4.69) is 25.7 Å². The van der Waals surface area contributed by atoms with Gasteiger partial charge in [0.15, 0.2) is 0 Å². The smallest absolute Gasteiger partial charge is 0.0841 e. The summed E-state index contributed by atoms with van der Waals surface area (Å²) in [5.74, 6) is 0.297. The fraction of sp³-hybridized carbons (Fsp3) is 1.00. The predicted octanol–water partition coefficient (Wildman–Crippen LogP) is 2.18. The van der Waals surface area contributed by atoms with E-state index in [1.165, 1.54) is 19.3 Å². The first-order valence-electron chi connectivity index (χ1n) is 7.56. The zero-order valence-electron chi connectivity index (χ0n) is 12.0. The average molecular weight is 253 g/mol. The Balaban J connectivity index is 1.87. The number of aliphatic hydroxyl groups excluding tert-OH is 1.